The smallest absolute Gasteiger partial charge is 0.225 e. The van der Waals surface area contributed by atoms with E-state index in [4.69, 9.17) is 16.3 Å². The number of hydrogen-bond donors (Lipinski definition) is 0. The second kappa shape index (κ2) is 3.76. The predicted octanol–water partition coefficient (Wildman–Crippen LogP) is 2.23. The molecule has 1 aliphatic carbocycles. The average Bonchev–Trinajstić information content (AvgIpc) is 2.95. The highest BCUT2D eigenvalue weighted by atomic mass is 35.5. The van der Waals surface area contributed by atoms with E-state index in [1.54, 1.807) is 7.11 Å². The van der Waals surface area contributed by atoms with Crippen molar-refractivity contribution in [2.24, 2.45) is 0 Å². The maximum absolute atomic E-state index is 6.01. The van der Waals surface area contributed by atoms with Crippen LogP contribution in [0.2, 0.25) is 5.28 Å². The Labute approximate surface area is 94.6 Å². The molecule has 0 aromatic carbocycles. The molecule has 1 aromatic heterocycles. The van der Waals surface area contributed by atoms with Crippen LogP contribution in [0.25, 0.3) is 0 Å². The maximum Gasteiger partial charge on any atom is 0.225 e. The lowest BCUT2D eigenvalue weighted by atomic mass is 10.1. The van der Waals surface area contributed by atoms with Crippen molar-refractivity contribution in [3.8, 4) is 0 Å². The summed E-state index contributed by atoms with van der Waals surface area (Å²) in [6.07, 6.45) is 2.39. The molecule has 1 aliphatic rings. The van der Waals surface area contributed by atoms with Crippen LogP contribution >= 0.6 is 11.6 Å². The molecule has 0 aliphatic heterocycles. The Hall–Kier alpha value is -0.610. The second-order valence-electron chi connectivity index (χ2n) is 4.65. The standard InChI is InChI=1S/C10H16ClN3O/c1-10(2,15-3)6-14-8(7-4-5-7)12-13-9(14)11/h7H,4-6H2,1-3H3. The predicted molar refractivity (Wildman–Crippen MR) is 58.1 cm³/mol. The van der Waals surface area contributed by atoms with Gasteiger partial charge in [-0.15, -0.1) is 10.2 Å². The Morgan fingerprint density at radius 2 is 2.13 bits per heavy atom. The Morgan fingerprint density at radius 3 is 2.67 bits per heavy atom. The molecule has 0 N–H and O–H groups in total. The summed E-state index contributed by atoms with van der Waals surface area (Å²) in [6, 6.07) is 0. The van der Waals surface area contributed by atoms with Gasteiger partial charge in [0.25, 0.3) is 0 Å². The zero-order valence-electron chi connectivity index (χ0n) is 9.33. The topological polar surface area (TPSA) is 39.9 Å². The number of hydrogen-bond acceptors (Lipinski definition) is 3. The van der Waals surface area contributed by atoms with Crippen LogP contribution in [0.15, 0.2) is 0 Å². The molecule has 0 unspecified atom stereocenters. The molecule has 84 valence electrons. The van der Waals surface area contributed by atoms with Gasteiger partial charge in [0.2, 0.25) is 5.28 Å². The van der Waals surface area contributed by atoms with Crippen LogP contribution in [0.5, 0.6) is 0 Å². The van der Waals surface area contributed by atoms with E-state index in [2.05, 4.69) is 10.2 Å². The normalized spacial score (nSPS) is 17.1. The quantitative estimate of drug-likeness (QED) is 0.795. The van der Waals surface area contributed by atoms with Crippen LogP contribution in [0, 0.1) is 0 Å². The highest BCUT2D eigenvalue weighted by molar-refractivity contribution is 6.28. The molecule has 2 rings (SSSR count). The lowest BCUT2D eigenvalue weighted by Gasteiger charge is -2.24. The van der Waals surface area contributed by atoms with Crippen molar-refractivity contribution in [1.82, 2.24) is 14.8 Å². The molecule has 0 saturated heterocycles. The fourth-order valence-electron chi connectivity index (χ4n) is 1.53. The highest BCUT2D eigenvalue weighted by Crippen LogP contribution is 2.40. The minimum absolute atomic E-state index is 0.240. The molecule has 1 fully saturated rings. The number of methoxy groups -OCH3 is 1. The van der Waals surface area contributed by atoms with Crippen molar-refractivity contribution in [3.63, 3.8) is 0 Å². The number of nitrogens with zero attached hydrogens (tertiary/aromatic N) is 3. The SMILES string of the molecule is COC(C)(C)Cn1c(Cl)nnc1C1CC1. The summed E-state index contributed by atoms with van der Waals surface area (Å²) in [5.41, 5.74) is -0.240. The van der Waals surface area contributed by atoms with Gasteiger partial charge in [-0.3, -0.25) is 4.57 Å². The molecule has 5 heteroatoms. The molecule has 1 heterocycles. The molecule has 15 heavy (non-hydrogen) atoms. The molecular formula is C10H16ClN3O. The van der Waals surface area contributed by atoms with Gasteiger partial charge in [-0.1, -0.05) is 0 Å². The van der Waals surface area contributed by atoms with Crippen LogP contribution in [-0.4, -0.2) is 27.5 Å². The first-order valence-corrected chi connectivity index (χ1v) is 5.55. The lowest BCUT2D eigenvalue weighted by Crippen LogP contribution is -2.29. The number of aromatic nitrogens is 3. The summed E-state index contributed by atoms with van der Waals surface area (Å²) in [6.45, 7) is 4.75. The molecular weight excluding hydrogens is 214 g/mol. The van der Waals surface area contributed by atoms with Crippen LogP contribution in [0.4, 0.5) is 0 Å². The Kier molecular flexibility index (Phi) is 2.73. The zero-order valence-corrected chi connectivity index (χ0v) is 10.1. The molecule has 0 atom stereocenters. The molecule has 1 aromatic rings. The molecule has 0 amide bonds. The summed E-state index contributed by atoms with van der Waals surface area (Å²) >= 11 is 6.01. The maximum atomic E-state index is 6.01. The molecule has 0 radical (unpaired) electrons. The van der Waals surface area contributed by atoms with Crippen LogP contribution in [0.1, 0.15) is 38.4 Å². The van der Waals surface area contributed by atoms with Gasteiger partial charge < -0.3 is 4.74 Å². The van der Waals surface area contributed by atoms with Crippen molar-refractivity contribution in [2.45, 2.75) is 44.8 Å². The summed E-state index contributed by atoms with van der Waals surface area (Å²) in [7, 11) is 1.70. The third-order valence-corrected chi connectivity index (χ3v) is 3.05. The summed E-state index contributed by atoms with van der Waals surface area (Å²) in [5, 5.41) is 8.50. The molecule has 1 saturated carbocycles. The first kappa shape index (κ1) is 10.9. The van der Waals surface area contributed by atoms with Crippen molar-refractivity contribution in [1.29, 1.82) is 0 Å². The number of rotatable bonds is 4. The second-order valence-corrected chi connectivity index (χ2v) is 4.99. The molecule has 0 spiro atoms. The van der Waals surface area contributed by atoms with Crippen molar-refractivity contribution < 1.29 is 4.74 Å². The Bertz CT molecular complexity index is 358. The van der Waals surface area contributed by atoms with Gasteiger partial charge in [-0.2, -0.15) is 0 Å². The van der Waals surface area contributed by atoms with Crippen LogP contribution < -0.4 is 0 Å². The average molecular weight is 230 g/mol. The van der Waals surface area contributed by atoms with Crippen LogP contribution in [-0.2, 0) is 11.3 Å². The zero-order chi connectivity index (χ0) is 11.1. The third kappa shape index (κ3) is 2.32. The van der Waals surface area contributed by atoms with E-state index in [-0.39, 0.29) is 5.60 Å². The minimum atomic E-state index is -0.240. The summed E-state index contributed by atoms with van der Waals surface area (Å²) in [4.78, 5) is 0. The van der Waals surface area contributed by atoms with E-state index < -0.39 is 0 Å². The monoisotopic (exact) mass is 229 g/mol. The van der Waals surface area contributed by atoms with E-state index in [0.717, 1.165) is 5.82 Å². The first-order valence-electron chi connectivity index (χ1n) is 5.17. The largest absolute Gasteiger partial charge is 0.377 e. The number of ether oxygens (including phenoxy) is 1. The summed E-state index contributed by atoms with van der Waals surface area (Å²) in [5.74, 6) is 1.56. The number of halogens is 1. The Balaban J connectivity index is 2.22. The fraction of sp³-hybridized carbons (Fsp3) is 0.800. The van der Waals surface area contributed by atoms with E-state index in [0.29, 0.717) is 17.7 Å². The van der Waals surface area contributed by atoms with Gasteiger partial charge in [0.15, 0.2) is 0 Å². The molecule has 4 nitrogen and oxygen atoms in total. The molecule has 0 bridgehead atoms. The van der Waals surface area contributed by atoms with E-state index in [1.165, 1.54) is 12.8 Å². The van der Waals surface area contributed by atoms with Gasteiger partial charge in [0, 0.05) is 13.0 Å². The van der Waals surface area contributed by atoms with Gasteiger partial charge in [-0.05, 0) is 38.3 Å². The first-order chi connectivity index (χ1) is 7.03. The van der Waals surface area contributed by atoms with Gasteiger partial charge >= 0.3 is 0 Å². The van der Waals surface area contributed by atoms with Gasteiger partial charge in [-0.25, -0.2) is 0 Å². The lowest BCUT2D eigenvalue weighted by molar-refractivity contribution is 0.00752. The van der Waals surface area contributed by atoms with Crippen LogP contribution in [0.3, 0.4) is 0 Å². The van der Waals surface area contributed by atoms with Gasteiger partial charge in [0.1, 0.15) is 5.82 Å². The highest BCUT2D eigenvalue weighted by Gasteiger charge is 2.32. The fourth-order valence-corrected chi connectivity index (χ4v) is 1.71. The van der Waals surface area contributed by atoms with Crippen molar-refractivity contribution in [2.75, 3.05) is 7.11 Å². The Morgan fingerprint density at radius 1 is 1.47 bits per heavy atom. The van der Waals surface area contributed by atoms with Gasteiger partial charge in [0.05, 0.1) is 12.1 Å². The summed E-state index contributed by atoms with van der Waals surface area (Å²) < 4.78 is 7.35. The van der Waals surface area contributed by atoms with E-state index >= 15 is 0 Å². The van der Waals surface area contributed by atoms with Crippen molar-refractivity contribution >= 4 is 11.6 Å². The van der Waals surface area contributed by atoms with Crippen molar-refractivity contribution in [3.05, 3.63) is 11.1 Å². The minimum Gasteiger partial charge on any atom is -0.377 e. The van der Waals surface area contributed by atoms with E-state index in [9.17, 15) is 0 Å². The van der Waals surface area contributed by atoms with E-state index in [1.807, 2.05) is 18.4 Å². The third-order valence-electron chi connectivity index (χ3n) is 2.77.